The molecule has 1 aliphatic rings. The van der Waals surface area contributed by atoms with Crippen molar-refractivity contribution in [2.24, 2.45) is 0 Å². The Morgan fingerprint density at radius 1 is 1.17 bits per heavy atom. The number of nitrogens with zero attached hydrogens (tertiary/aromatic N) is 1. The molecule has 2 aromatic carbocycles. The highest BCUT2D eigenvalue weighted by Crippen LogP contribution is 2.34. The largest absolute Gasteiger partial charge is 0.309 e. The molecule has 2 aromatic rings. The van der Waals surface area contributed by atoms with E-state index in [1.54, 1.807) is 35.2 Å². The molecule has 0 spiro atoms. The average molecular weight is 344 g/mol. The lowest BCUT2D eigenvalue weighted by molar-refractivity contribution is -0.116. The predicted octanol–water partition coefficient (Wildman–Crippen LogP) is 3.09. The number of benzene rings is 2. The molecule has 1 N–H and O–H groups in total. The first-order valence-corrected chi connectivity index (χ1v) is 9.28. The SMILES string of the molecule is CC(=O)N1c2ccc(S(=O)(=O)Nc3ccc(C)cc3)cc2C[C@@H]1C. The van der Waals surface area contributed by atoms with Crippen molar-refractivity contribution < 1.29 is 13.2 Å². The molecule has 0 radical (unpaired) electrons. The van der Waals surface area contributed by atoms with Gasteiger partial charge in [0.05, 0.1) is 4.90 Å². The number of nitrogens with one attached hydrogen (secondary N) is 1. The lowest BCUT2D eigenvalue weighted by Crippen LogP contribution is -2.33. The third kappa shape index (κ3) is 3.01. The number of sulfonamides is 1. The van der Waals surface area contributed by atoms with Gasteiger partial charge in [0.25, 0.3) is 10.0 Å². The summed E-state index contributed by atoms with van der Waals surface area (Å²) in [5.41, 5.74) is 3.27. The molecule has 1 amide bonds. The van der Waals surface area contributed by atoms with E-state index in [2.05, 4.69) is 4.72 Å². The van der Waals surface area contributed by atoms with Gasteiger partial charge in [-0.15, -0.1) is 0 Å². The highest BCUT2D eigenvalue weighted by atomic mass is 32.2. The average Bonchev–Trinajstić information content (AvgIpc) is 2.84. The van der Waals surface area contributed by atoms with E-state index in [9.17, 15) is 13.2 Å². The maximum absolute atomic E-state index is 12.6. The van der Waals surface area contributed by atoms with Gasteiger partial charge in [-0.3, -0.25) is 9.52 Å². The summed E-state index contributed by atoms with van der Waals surface area (Å²) >= 11 is 0. The minimum atomic E-state index is -3.66. The summed E-state index contributed by atoms with van der Waals surface area (Å²) in [6.45, 7) is 5.43. The topological polar surface area (TPSA) is 66.5 Å². The molecule has 0 fully saturated rings. The second-order valence-corrected chi connectivity index (χ2v) is 7.89. The highest BCUT2D eigenvalue weighted by Gasteiger charge is 2.30. The van der Waals surface area contributed by atoms with E-state index in [0.29, 0.717) is 12.1 Å². The third-order valence-electron chi connectivity index (χ3n) is 4.22. The van der Waals surface area contributed by atoms with E-state index in [1.807, 2.05) is 26.0 Å². The Morgan fingerprint density at radius 3 is 2.46 bits per heavy atom. The number of hydrogen-bond donors (Lipinski definition) is 1. The Labute approximate surface area is 142 Å². The van der Waals surface area contributed by atoms with Crippen LogP contribution in [0.3, 0.4) is 0 Å². The van der Waals surface area contributed by atoms with Gasteiger partial charge in [-0.1, -0.05) is 17.7 Å². The van der Waals surface area contributed by atoms with Crippen LogP contribution >= 0.6 is 0 Å². The van der Waals surface area contributed by atoms with Crippen molar-refractivity contribution in [2.45, 2.75) is 38.1 Å². The van der Waals surface area contributed by atoms with Crippen LogP contribution in [0.2, 0.25) is 0 Å². The zero-order chi connectivity index (χ0) is 17.5. The van der Waals surface area contributed by atoms with Crippen molar-refractivity contribution in [1.29, 1.82) is 0 Å². The first kappa shape index (κ1) is 16.5. The lowest BCUT2D eigenvalue weighted by atomic mass is 10.1. The number of amides is 1. The molecular formula is C18H20N2O3S. The fraction of sp³-hybridized carbons (Fsp3) is 0.278. The number of fused-ring (bicyclic) bond motifs is 1. The molecule has 0 aromatic heterocycles. The minimum absolute atomic E-state index is 0.0327. The van der Waals surface area contributed by atoms with E-state index in [4.69, 9.17) is 0 Å². The fourth-order valence-corrected chi connectivity index (χ4v) is 4.20. The Balaban J connectivity index is 1.92. The van der Waals surface area contributed by atoms with Gasteiger partial charge in [-0.05, 0) is 56.2 Å². The maximum atomic E-state index is 12.6. The smallest absolute Gasteiger partial charge is 0.261 e. The van der Waals surface area contributed by atoms with Crippen LogP contribution in [0.15, 0.2) is 47.4 Å². The fourth-order valence-electron chi connectivity index (χ4n) is 3.09. The molecule has 0 unspecified atom stereocenters. The van der Waals surface area contributed by atoms with Crippen LogP contribution in [0, 0.1) is 6.92 Å². The first-order valence-electron chi connectivity index (χ1n) is 7.80. The van der Waals surface area contributed by atoms with E-state index in [0.717, 1.165) is 16.8 Å². The maximum Gasteiger partial charge on any atom is 0.261 e. The summed E-state index contributed by atoms with van der Waals surface area (Å²) in [6, 6.07) is 12.1. The van der Waals surface area contributed by atoms with Gasteiger partial charge in [0.2, 0.25) is 5.91 Å². The van der Waals surface area contributed by atoms with Gasteiger partial charge >= 0.3 is 0 Å². The first-order chi connectivity index (χ1) is 11.3. The molecule has 0 aliphatic carbocycles. The van der Waals surface area contributed by atoms with Gasteiger partial charge in [0, 0.05) is 24.3 Å². The van der Waals surface area contributed by atoms with Crippen LogP contribution in [-0.2, 0) is 21.2 Å². The monoisotopic (exact) mass is 344 g/mol. The van der Waals surface area contributed by atoms with Crippen molar-refractivity contribution in [3.05, 3.63) is 53.6 Å². The predicted molar refractivity (Wildman–Crippen MR) is 94.8 cm³/mol. The second kappa shape index (κ2) is 5.94. The van der Waals surface area contributed by atoms with E-state index in [1.165, 1.54) is 6.92 Å². The van der Waals surface area contributed by atoms with E-state index >= 15 is 0 Å². The summed E-state index contributed by atoms with van der Waals surface area (Å²) < 4.78 is 27.8. The Bertz CT molecular complexity index is 889. The lowest BCUT2D eigenvalue weighted by Gasteiger charge is -2.20. The van der Waals surface area contributed by atoms with Crippen molar-refractivity contribution in [2.75, 3.05) is 9.62 Å². The van der Waals surface area contributed by atoms with Crippen LogP contribution in [0.1, 0.15) is 25.0 Å². The van der Waals surface area contributed by atoms with Crippen molar-refractivity contribution in [1.82, 2.24) is 0 Å². The molecule has 0 saturated heterocycles. The third-order valence-corrected chi connectivity index (χ3v) is 5.60. The summed E-state index contributed by atoms with van der Waals surface area (Å²) in [4.78, 5) is 13.7. The Kier molecular flexibility index (Phi) is 4.09. The number of hydrogen-bond acceptors (Lipinski definition) is 3. The second-order valence-electron chi connectivity index (χ2n) is 6.20. The van der Waals surface area contributed by atoms with Crippen LogP contribution in [0.25, 0.3) is 0 Å². The van der Waals surface area contributed by atoms with Gasteiger partial charge in [-0.25, -0.2) is 8.42 Å². The van der Waals surface area contributed by atoms with Crippen LogP contribution in [-0.4, -0.2) is 20.4 Å². The zero-order valence-corrected chi connectivity index (χ0v) is 14.7. The van der Waals surface area contributed by atoms with E-state index < -0.39 is 10.0 Å². The molecule has 5 nitrogen and oxygen atoms in total. The van der Waals surface area contributed by atoms with Gasteiger partial charge < -0.3 is 4.90 Å². The standard InChI is InChI=1S/C18H20N2O3S/c1-12-4-6-16(7-5-12)19-24(22,23)17-8-9-18-15(11-17)10-13(2)20(18)14(3)21/h4-9,11,13,19H,10H2,1-3H3/t13-/m0/s1. The van der Waals surface area contributed by atoms with Gasteiger partial charge in [0.15, 0.2) is 0 Å². The number of rotatable bonds is 3. The molecule has 6 heteroatoms. The van der Waals surface area contributed by atoms with Crippen molar-refractivity contribution >= 4 is 27.3 Å². The number of carbonyl (C=O) groups is 1. The highest BCUT2D eigenvalue weighted by molar-refractivity contribution is 7.92. The molecule has 1 aliphatic heterocycles. The minimum Gasteiger partial charge on any atom is -0.309 e. The molecule has 1 heterocycles. The molecule has 3 rings (SSSR count). The quantitative estimate of drug-likeness (QED) is 0.930. The summed E-state index contributed by atoms with van der Waals surface area (Å²) in [7, 11) is -3.66. The van der Waals surface area contributed by atoms with Crippen LogP contribution in [0.5, 0.6) is 0 Å². The Morgan fingerprint density at radius 2 is 1.83 bits per heavy atom. The summed E-state index contributed by atoms with van der Waals surface area (Å²) in [6.07, 6.45) is 0.656. The van der Waals surface area contributed by atoms with Gasteiger partial charge in [-0.2, -0.15) is 0 Å². The molecule has 0 bridgehead atoms. The molecule has 0 saturated carbocycles. The van der Waals surface area contributed by atoms with E-state index in [-0.39, 0.29) is 16.8 Å². The molecule has 24 heavy (non-hydrogen) atoms. The molecular weight excluding hydrogens is 324 g/mol. The molecule has 1 atom stereocenters. The van der Waals surface area contributed by atoms with Gasteiger partial charge in [0.1, 0.15) is 0 Å². The van der Waals surface area contributed by atoms with Crippen molar-refractivity contribution in [3.8, 4) is 0 Å². The van der Waals surface area contributed by atoms with Crippen LogP contribution in [0.4, 0.5) is 11.4 Å². The summed E-state index contributed by atoms with van der Waals surface area (Å²) in [5.74, 6) is -0.0327. The Hall–Kier alpha value is -2.34. The van der Waals surface area contributed by atoms with Crippen molar-refractivity contribution in [3.63, 3.8) is 0 Å². The number of aryl methyl sites for hydroxylation is 1. The number of anilines is 2. The normalized spacial score (nSPS) is 16.8. The molecule has 126 valence electrons. The van der Waals surface area contributed by atoms with Crippen LogP contribution < -0.4 is 9.62 Å². The zero-order valence-electron chi connectivity index (χ0n) is 13.9. The summed E-state index contributed by atoms with van der Waals surface area (Å²) in [5, 5.41) is 0. The number of carbonyl (C=O) groups excluding carboxylic acids is 1.